The van der Waals surface area contributed by atoms with Gasteiger partial charge in [0.1, 0.15) is 0 Å². The van der Waals surface area contributed by atoms with Crippen molar-refractivity contribution in [2.75, 3.05) is 0 Å². The van der Waals surface area contributed by atoms with E-state index in [0.29, 0.717) is 11.8 Å². The van der Waals surface area contributed by atoms with Gasteiger partial charge in [-0.15, -0.1) is 0 Å². The van der Waals surface area contributed by atoms with E-state index in [0.717, 1.165) is 12.8 Å². The third-order valence-electron chi connectivity index (χ3n) is 2.94. The number of allylic oxidation sites excluding steroid dienone is 2. The molecule has 0 heterocycles. The molecule has 1 aliphatic carbocycles. The van der Waals surface area contributed by atoms with Crippen LogP contribution in [0.4, 0.5) is 0 Å². The van der Waals surface area contributed by atoms with Crippen LogP contribution in [0.15, 0.2) is 11.6 Å². The molecule has 0 aromatic heterocycles. The molecule has 2 unspecified atom stereocenters. The lowest BCUT2D eigenvalue weighted by Gasteiger charge is -2.36. The minimum atomic E-state index is -0.517. The van der Waals surface area contributed by atoms with Gasteiger partial charge in [0.05, 0.1) is 5.60 Å². The van der Waals surface area contributed by atoms with E-state index in [2.05, 4.69) is 19.9 Å². The highest BCUT2D eigenvalue weighted by Gasteiger charge is 2.32. The van der Waals surface area contributed by atoms with Gasteiger partial charge in [-0.1, -0.05) is 18.6 Å². The summed E-state index contributed by atoms with van der Waals surface area (Å²) in [5, 5.41) is 9.87. The summed E-state index contributed by atoms with van der Waals surface area (Å²) in [7, 11) is 0. The maximum atomic E-state index is 9.87. The van der Waals surface area contributed by atoms with Crippen molar-refractivity contribution >= 4 is 0 Å². The molecule has 0 fully saturated rings. The number of aliphatic hydroxyl groups is 1. The summed E-state index contributed by atoms with van der Waals surface area (Å²) in [6, 6.07) is 0. The van der Waals surface area contributed by atoms with Crippen LogP contribution in [0, 0.1) is 11.8 Å². The monoisotopic (exact) mass is 168 g/mol. The van der Waals surface area contributed by atoms with Crippen LogP contribution in [0.25, 0.3) is 0 Å². The molecule has 1 heteroatoms. The van der Waals surface area contributed by atoms with E-state index in [4.69, 9.17) is 0 Å². The zero-order chi connectivity index (χ0) is 9.35. The van der Waals surface area contributed by atoms with Crippen molar-refractivity contribution in [3.63, 3.8) is 0 Å². The van der Waals surface area contributed by atoms with Gasteiger partial charge < -0.3 is 5.11 Å². The molecule has 0 radical (unpaired) electrons. The summed E-state index contributed by atoms with van der Waals surface area (Å²) in [6.45, 7) is 8.22. The molecule has 0 amide bonds. The average molecular weight is 168 g/mol. The molecule has 1 nitrogen and oxygen atoms in total. The maximum absolute atomic E-state index is 9.87. The highest BCUT2D eigenvalue weighted by Crippen LogP contribution is 2.35. The Balaban J connectivity index is 2.72. The fraction of sp³-hybridized carbons (Fsp3) is 0.818. The van der Waals surface area contributed by atoms with Crippen LogP contribution in [-0.2, 0) is 0 Å². The van der Waals surface area contributed by atoms with Gasteiger partial charge in [-0.25, -0.2) is 0 Å². The molecule has 2 atom stereocenters. The Kier molecular flexibility index (Phi) is 2.62. The first-order valence-corrected chi connectivity index (χ1v) is 4.81. The zero-order valence-electron chi connectivity index (χ0n) is 8.59. The molecule has 0 aromatic carbocycles. The first kappa shape index (κ1) is 9.79. The predicted octanol–water partition coefficient (Wildman–Crippen LogP) is 2.75. The average Bonchev–Trinajstić information content (AvgIpc) is 1.83. The summed E-state index contributed by atoms with van der Waals surface area (Å²) < 4.78 is 0. The van der Waals surface area contributed by atoms with Gasteiger partial charge in [0.25, 0.3) is 0 Å². The lowest BCUT2D eigenvalue weighted by Crippen LogP contribution is -2.36. The lowest BCUT2D eigenvalue weighted by atomic mass is 9.74. The van der Waals surface area contributed by atoms with Gasteiger partial charge in [0, 0.05) is 0 Å². The normalized spacial score (nSPS) is 31.6. The van der Waals surface area contributed by atoms with Gasteiger partial charge >= 0.3 is 0 Å². The predicted molar refractivity (Wildman–Crippen MR) is 51.9 cm³/mol. The smallest absolute Gasteiger partial charge is 0.0625 e. The van der Waals surface area contributed by atoms with Crippen molar-refractivity contribution in [2.45, 2.75) is 46.1 Å². The van der Waals surface area contributed by atoms with Gasteiger partial charge in [-0.2, -0.15) is 0 Å². The van der Waals surface area contributed by atoms with Crippen molar-refractivity contribution in [2.24, 2.45) is 11.8 Å². The van der Waals surface area contributed by atoms with E-state index in [1.165, 1.54) is 5.57 Å². The Morgan fingerprint density at radius 3 is 2.50 bits per heavy atom. The highest BCUT2D eigenvalue weighted by atomic mass is 16.3. The van der Waals surface area contributed by atoms with Crippen LogP contribution in [-0.4, -0.2) is 10.7 Å². The molecule has 1 rings (SSSR count). The third-order valence-corrected chi connectivity index (χ3v) is 2.94. The second kappa shape index (κ2) is 3.21. The number of hydrogen-bond acceptors (Lipinski definition) is 1. The van der Waals surface area contributed by atoms with Crippen LogP contribution >= 0.6 is 0 Å². The van der Waals surface area contributed by atoms with Crippen molar-refractivity contribution in [1.29, 1.82) is 0 Å². The second-order valence-corrected chi connectivity index (χ2v) is 4.67. The van der Waals surface area contributed by atoms with Gasteiger partial charge in [-0.05, 0) is 45.4 Å². The second-order valence-electron chi connectivity index (χ2n) is 4.67. The molecule has 0 aromatic rings. The Labute approximate surface area is 75.5 Å². The van der Waals surface area contributed by atoms with Crippen molar-refractivity contribution < 1.29 is 5.11 Å². The van der Waals surface area contributed by atoms with Crippen molar-refractivity contribution in [1.82, 2.24) is 0 Å². The molecule has 0 bridgehead atoms. The molecule has 1 aliphatic rings. The third kappa shape index (κ3) is 2.10. The van der Waals surface area contributed by atoms with Gasteiger partial charge in [0.2, 0.25) is 0 Å². The number of hydrogen-bond donors (Lipinski definition) is 1. The first-order valence-electron chi connectivity index (χ1n) is 4.81. The molecule has 0 spiro atoms. The summed E-state index contributed by atoms with van der Waals surface area (Å²) in [5.41, 5.74) is 0.958. The van der Waals surface area contributed by atoms with Crippen LogP contribution in [0.3, 0.4) is 0 Å². The summed E-state index contributed by atoms with van der Waals surface area (Å²) in [4.78, 5) is 0. The van der Waals surface area contributed by atoms with Crippen LogP contribution in [0.1, 0.15) is 40.5 Å². The van der Waals surface area contributed by atoms with E-state index in [1.54, 1.807) is 0 Å². The summed E-state index contributed by atoms with van der Waals surface area (Å²) in [6.07, 6.45) is 4.58. The van der Waals surface area contributed by atoms with Crippen LogP contribution in [0.2, 0.25) is 0 Å². The fourth-order valence-electron chi connectivity index (χ4n) is 2.29. The van der Waals surface area contributed by atoms with Gasteiger partial charge in [-0.3, -0.25) is 0 Å². The van der Waals surface area contributed by atoms with E-state index in [9.17, 15) is 5.11 Å². The molecular weight excluding hydrogens is 148 g/mol. The fourth-order valence-corrected chi connectivity index (χ4v) is 2.29. The molecule has 70 valence electrons. The molecule has 0 aliphatic heterocycles. The molecule has 0 saturated carbocycles. The maximum Gasteiger partial charge on any atom is 0.0625 e. The summed E-state index contributed by atoms with van der Waals surface area (Å²) >= 11 is 0. The molecule has 1 N–H and O–H groups in total. The van der Waals surface area contributed by atoms with Crippen molar-refractivity contribution in [3.8, 4) is 0 Å². The SMILES string of the molecule is CC1=CC(C)C(C(C)(C)O)CC1. The standard InChI is InChI=1S/C11H20O/c1-8-5-6-10(9(2)7-8)11(3,4)12/h7,9-10,12H,5-6H2,1-4H3. The molecule has 0 saturated heterocycles. The van der Waals surface area contributed by atoms with Crippen molar-refractivity contribution in [3.05, 3.63) is 11.6 Å². The quantitative estimate of drug-likeness (QED) is 0.597. The molecule has 12 heavy (non-hydrogen) atoms. The Morgan fingerprint density at radius 1 is 1.50 bits per heavy atom. The largest absolute Gasteiger partial charge is 0.390 e. The topological polar surface area (TPSA) is 20.2 Å². The Bertz CT molecular complexity index is 186. The Hall–Kier alpha value is -0.300. The van der Waals surface area contributed by atoms with E-state index >= 15 is 0 Å². The number of rotatable bonds is 1. The Morgan fingerprint density at radius 2 is 2.08 bits per heavy atom. The molecular formula is C11H20O. The summed E-state index contributed by atoms with van der Waals surface area (Å²) in [5.74, 6) is 0.958. The van der Waals surface area contributed by atoms with Crippen LogP contribution in [0.5, 0.6) is 0 Å². The van der Waals surface area contributed by atoms with E-state index in [-0.39, 0.29) is 0 Å². The van der Waals surface area contributed by atoms with Crippen LogP contribution < -0.4 is 0 Å². The minimum absolute atomic E-state index is 0.432. The van der Waals surface area contributed by atoms with E-state index in [1.807, 2.05) is 13.8 Å². The first-order chi connectivity index (χ1) is 5.41. The minimum Gasteiger partial charge on any atom is -0.390 e. The van der Waals surface area contributed by atoms with Gasteiger partial charge in [0.15, 0.2) is 0 Å². The lowest BCUT2D eigenvalue weighted by molar-refractivity contribution is -0.00491. The van der Waals surface area contributed by atoms with E-state index < -0.39 is 5.60 Å². The zero-order valence-corrected chi connectivity index (χ0v) is 8.59. The highest BCUT2D eigenvalue weighted by molar-refractivity contribution is 5.08.